The third-order valence-corrected chi connectivity index (χ3v) is 4.57. The molecule has 0 saturated heterocycles. The molecule has 0 aliphatic rings. The minimum atomic E-state index is -3.82. The lowest BCUT2D eigenvalue weighted by Gasteiger charge is -2.19. The van der Waals surface area contributed by atoms with Gasteiger partial charge in [0.2, 0.25) is 10.0 Å². The maximum absolute atomic E-state index is 12.4. The van der Waals surface area contributed by atoms with E-state index in [0.29, 0.717) is 17.2 Å². The van der Waals surface area contributed by atoms with Crippen molar-refractivity contribution in [3.8, 4) is 0 Å². The Bertz CT molecular complexity index is 666. The van der Waals surface area contributed by atoms with Gasteiger partial charge in [0.1, 0.15) is 6.04 Å². The van der Waals surface area contributed by atoms with Crippen LogP contribution in [0.5, 0.6) is 0 Å². The fourth-order valence-corrected chi connectivity index (χ4v) is 3.13. The molecular formula is C15H22ClN3O3S. The highest BCUT2D eigenvalue weighted by molar-refractivity contribution is 7.89. The highest BCUT2D eigenvalue weighted by Gasteiger charge is 2.26. The summed E-state index contributed by atoms with van der Waals surface area (Å²) in [5, 5.41) is 4.27. The zero-order valence-electron chi connectivity index (χ0n) is 13.6. The number of halogens is 1. The van der Waals surface area contributed by atoms with Gasteiger partial charge in [-0.05, 0) is 50.5 Å². The fraction of sp³-hybridized carbons (Fsp3) is 0.467. The van der Waals surface area contributed by atoms with Crippen molar-refractivity contribution in [1.29, 1.82) is 0 Å². The molecule has 1 amide bonds. The molecule has 0 heterocycles. The molecule has 8 heteroatoms. The Balaban J connectivity index is 2.97. The van der Waals surface area contributed by atoms with Crippen molar-refractivity contribution in [3.63, 3.8) is 0 Å². The maximum atomic E-state index is 12.4. The van der Waals surface area contributed by atoms with Crippen molar-refractivity contribution in [2.75, 3.05) is 0 Å². The Morgan fingerprint density at radius 2 is 1.78 bits per heavy atom. The van der Waals surface area contributed by atoms with Crippen LogP contribution in [0.3, 0.4) is 0 Å². The van der Waals surface area contributed by atoms with Crippen LogP contribution in [0.2, 0.25) is 5.02 Å². The largest absolute Gasteiger partial charge is 0.271 e. The van der Waals surface area contributed by atoms with Crippen molar-refractivity contribution < 1.29 is 13.2 Å². The number of nitrogens with one attached hydrogen (secondary N) is 2. The van der Waals surface area contributed by atoms with Crippen molar-refractivity contribution in [2.45, 2.75) is 45.1 Å². The van der Waals surface area contributed by atoms with Gasteiger partial charge in [0.05, 0.1) is 4.90 Å². The number of benzene rings is 1. The van der Waals surface area contributed by atoms with Crippen LogP contribution >= 0.6 is 11.6 Å². The molecular weight excluding hydrogens is 338 g/mol. The molecule has 23 heavy (non-hydrogen) atoms. The second-order valence-corrected chi connectivity index (χ2v) is 7.94. The Hall–Kier alpha value is -1.44. The Morgan fingerprint density at radius 1 is 1.22 bits per heavy atom. The molecule has 0 radical (unpaired) electrons. The summed E-state index contributed by atoms with van der Waals surface area (Å²) >= 11 is 5.76. The number of nitrogens with zero attached hydrogens (tertiary/aromatic N) is 1. The van der Waals surface area contributed by atoms with Crippen LogP contribution in [0.1, 0.15) is 34.1 Å². The number of sulfonamides is 1. The molecule has 0 unspecified atom stereocenters. The third kappa shape index (κ3) is 6.68. The van der Waals surface area contributed by atoms with Crippen LogP contribution in [0, 0.1) is 5.92 Å². The second-order valence-electron chi connectivity index (χ2n) is 5.79. The summed E-state index contributed by atoms with van der Waals surface area (Å²) in [6.45, 7) is 7.28. The number of carbonyl (C=O) groups excluding carboxylic acids is 1. The molecule has 1 atom stereocenters. The monoisotopic (exact) mass is 359 g/mol. The van der Waals surface area contributed by atoms with E-state index in [0.717, 1.165) is 0 Å². The maximum Gasteiger partial charge on any atom is 0.258 e. The summed E-state index contributed by atoms with van der Waals surface area (Å²) in [6.07, 6.45) is 0.358. The topological polar surface area (TPSA) is 87.6 Å². The Kier molecular flexibility index (Phi) is 7.18. The first-order valence-electron chi connectivity index (χ1n) is 7.20. The number of amides is 1. The van der Waals surface area contributed by atoms with Gasteiger partial charge >= 0.3 is 0 Å². The summed E-state index contributed by atoms with van der Waals surface area (Å²) < 4.78 is 27.2. The molecule has 0 aliphatic carbocycles. The second kappa shape index (κ2) is 8.42. The van der Waals surface area contributed by atoms with Gasteiger partial charge in [0, 0.05) is 10.7 Å². The number of hydrogen-bond acceptors (Lipinski definition) is 4. The first-order chi connectivity index (χ1) is 10.6. The lowest BCUT2D eigenvalue weighted by molar-refractivity contribution is -0.123. The van der Waals surface area contributed by atoms with E-state index >= 15 is 0 Å². The Morgan fingerprint density at radius 3 is 2.26 bits per heavy atom. The lowest BCUT2D eigenvalue weighted by Crippen LogP contribution is -2.46. The van der Waals surface area contributed by atoms with E-state index in [9.17, 15) is 13.2 Å². The van der Waals surface area contributed by atoms with Crippen LogP contribution in [0.4, 0.5) is 0 Å². The smallest absolute Gasteiger partial charge is 0.258 e. The standard InChI is InChI=1S/C15H22ClN3O3S/c1-10(2)9-14(15(20)18-17-11(3)4)19-23(21,22)13-7-5-12(16)6-8-13/h5-8,10,14,19H,9H2,1-4H3,(H,18,20)/t14-/m1/s1. The predicted molar refractivity (Wildman–Crippen MR) is 91.9 cm³/mol. The molecule has 6 nitrogen and oxygen atoms in total. The summed E-state index contributed by atoms with van der Waals surface area (Å²) in [7, 11) is -3.82. The molecule has 128 valence electrons. The van der Waals surface area contributed by atoms with E-state index in [4.69, 9.17) is 11.6 Å². The van der Waals surface area contributed by atoms with Crippen LogP contribution in [0.15, 0.2) is 34.3 Å². The van der Waals surface area contributed by atoms with E-state index < -0.39 is 22.0 Å². The highest BCUT2D eigenvalue weighted by Crippen LogP contribution is 2.15. The first-order valence-corrected chi connectivity index (χ1v) is 9.06. The molecule has 0 aromatic heterocycles. The average molecular weight is 360 g/mol. The minimum absolute atomic E-state index is 0.0543. The van der Waals surface area contributed by atoms with E-state index in [-0.39, 0.29) is 10.8 Å². The number of hydrogen-bond donors (Lipinski definition) is 2. The Labute approximate surface area is 142 Å². The summed E-state index contributed by atoms with van der Waals surface area (Å²) in [6, 6.07) is 4.85. The van der Waals surface area contributed by atoms with Gasteiger partial charge < -0.3 is 0 Å². The van der Waals surface area contributed by atoms with Crippen molar-refractivity contribution in [2.24, 2.45) is 11.0 Å². The molecule has 2 N–H and O–H groups in total. The molecule has 0 aliphatic heterocycles. The van der Waals surface area contributed by atoms with E-state index in [1.54, 1.807) is 13.8 Å². The van der Waals surface area contributed by atoms with Crippen LogP contribution in [-0.2, 0) is 14.8 Å². The average Bonchev–Trinajstić information content (AvgIpc) is 2.43. The fourth-order valence-electron chi connectivity index (χ4n) is 1.79. The summed E-state index contributed by atoms with van der Waals surface area (Å²) in [5.74, 6) is -0.359. The van der Waals surface area contributed by atoms with Crippen LogP contribution in [0.25, 0.3) is 0 Å². The zero-order chi connectivity index (χ0) is 17.6. The van der Waals surface area contributed by atoms with E-state index in [1.165, 1.54) is 24.3 Å². The van der Waals surface area contributed by atoms with Gasteiger partial charge in [-0.25, -0.2) is 13.8 Å². The number of rotatable bonds is 7. The van der Waals surface area contributed by atoms with Gasteiger partial charge in [-0.1, -0.05) is 25.4 Å². The molecule has 0 fully saturated rings. The van der Waals surface area contributed by atoms with Gasteiger partial charge in [-0.3, -0.25) is 4.79 Å². The predicted octanol–water partition coefficient (Wildman–Crippen LogP) is 2.55. The quantitative estimate of drug-likeness (QED) is 0.579. The van der Waals surface area contributed by atoms with Gasteiger partial charge in [-0.15, -0.1) is 0 Å². The third-order valence-electron chi connectivity index (χ3n) is 2.83. The summed E-state index contributed by atoms with van der Waals surface area (Å²) in [4.78, 5) is 12.2. The molecule has 1 aromatic rings. The van der Waals surface area contributed by atoms with E-state index in [1.807, 2.05) is 13.8 Å². The van der Waals surface area contributed by atoms with Gasteiger partial charge in [-0.2, -0.15) is 9.82 Å². The SMILES string of the molecule is CC(C)=NNC(=O)[C@@H](CC(C)C)NS(=O)(=O)c1ccc(Cl)cc1. The van der Waals surface area contributed by atoms with Crippen molar-refractivity contribution in [1.82, 2.24) is 10.1 Å². The summed E-state index contributed by atoms with van der Waals surface area (Å²) in [5.41, 5.74) is 3.04. The minimum Gasteiger partial charge on any atom is -0.271 e. The molecule has 1 aromatic carbocycles. The highest BCUT2D eigenvalue weighted by atomic mass is 35.5. The zero-order valence-corrected chi connectivity index (χ0v) is 15.2. The number of hydrazone groups is 1. The van der Waals surface area contributed by atoms with Crippen molar-refractivity contribution in [3.05, 3.63) is 29.3 Å². The van der Waals surface area contributed by atoms with Crippen LogP contribution in [-0.4, -0.2) is 26.1 Å². The molecule has 0 spiro atoms. The normalized spacial score (nSPS) is 12.8. The molecule has 0 bridgehead atoms. The number of carbonyl (C=O) groups is 1. The van der Waals surface area contributed by atoms with Gasteiger partial charge in [0.25, 0.3) is 5.91 Å². The first kappa shape index (κ1) is 19.6. The lowest BCUT2D eigenvalue weighted by atomic mass is 10.0. The van der Waals surface area contributed by atoms with E-state index in [2.05, 4.69) is 15.2 Å². The molecule has 0 saturated carbocycles. The van der Waals surface area contributed by atoms with Crippen molar-refractivity contribution >= 4 is 33.2 Å². The molecule has 1 rings (SSSR count). The van der Waals surface area contributed by atoms with Gasteiger partial charge in [0.15, 0.2) is 0 Å². The van der Waals surface area contributed by atoms with Crippen LogP contribution < -0.4 is 10.1 Å².